The highest BCUT2D eigenvalue weighted by Gasteiger charge is 2.50. The summed E-state index contributed by atoms with van der Waals surface area (Å²) in [5.41, 5.74) is -0.592. The van der Waals surface area contributed by atoms with Gasteiger partial charge in [0.25, 0.3) is 0 Å². The van der Waals surface area contributed by atoms with Crippen LogP contribution in [-0.2, 0) is 21.4 Å². The van der Waals surface area contributed by atoms with E-state index in [4.69, 9.17) is 0 Å². The number of halogens is 2. The molecule has 1 atom stereocenters. The third-order valence-corrected chi connectivity index (χ3v) is 7.12. The Hall–Kier alpha value is -1.54. The van der Waals surface area contributed by atoms with E-state index in [1.54, 1.807) is 6.92 Å². The number of piperidine rings is 1. The van der Waals surface area contributed by atoms with Gasteiger partial charge in [0.2, 0.25) is 15.9 Å². The van der Waals surface area contributed by atoms with Crippen molar-refractivity contribution in [2.24, 2.45) is 5.41 Å². The number of benzene rings is 1. The molecule has 0 aliphatic carbocycles. The lowest BCUT2D eigenvalue weighted by molar-refractivity contribution is -0.146. The van der Waals surface area contributed by atoms with Crippen LogP contribution in [0, 0.1) is 17.0 Å². The number of nitrogens with zero attached hydrogens (tertiary/aromatic N) is 2. The minimum atomic E-state index is -3.33. The predicted molar refractivity (Wildman–Crippen MR) is 89.1 cm³/mol. The van der Waals surface area contributed by atoms with Gasteiger partial charge in [0.15, 0.2) is 11.6 Å². The van der Waals surface area contributed by atoms with Gasteiger partial charge in [0, 0.05) is 31.7 Å². The van der Waals surface area contributed by atoms with Crippen LogP contribution < -0.4 is 0 Å². The second kappa shape index (κ2) is 6.64. The number of hydrogen-bond acceptors (Lipinski definition) is 3. The summed E-state index contributed by atoms with van der Waals surface area (Å²) >= 11 is 0. The highest BCUT2D eigenvalue weighted by Crippen LogP contribution is 2.41. The molecule has 2 aliphatic rings. The van der Waals surface area contributed by atoms with Gasteiger partial charge >= 0.3 is 0 Å². The molecule has 2 saturated heterocycles. The summed E-state index contributed by atoms with van der Waals surface area (Å²) in [4.78, 5) is 14.5. The van der Waals surface area contributed by atoms with Crippen LogP contribution in [0.2, 0.25) is 0 Å². The topological polar surface area (TPSA) is 57.7 Å². The van der Waals surface area contributed by atoms with Crippen LogP contribution in [0.1, 0.15) is 31.7 Å². The molecule has 0 saturated carbocycles. The molecule has 2 heterocycles. The zero-order valence-corrected chi connectivity index (χ0v) is 15.0. The molecule has 1 aromatic carbocycles. The molecule has 0 N–H and O–H groups in total. The highest BCUT2D eigenvalue weighted by molar-refractivity contribution is 7.89. The van der Waals surface area contributed by atoms with E-state index in [-0.39, 0.29) is 30.3 Å². The molecular weight excluding hydrogens is 350 g/mol. The first-order chi connectivity index (χ1) is 11.8. The van der Waals surface area contributed by atoms with E-state index in [1.165, 1.54) is 21.3 Å². The summed E-state index contributed by atoms with van der Waals surface area (Å²) in [5.74, 6) is -2.01. The van der Waals surface area contributed by atoms with E-state index in [0.717, 1.165) is 12.5 Å². The van der Waals surface area contributed by atoms with E-state index in [2.05, 4.69) is 0 Å². The molecule has 1 spiro atoms. The average Bonchev–Trinajstić information content (AvgIpc) is 3.02. The molecule has 8 heteroatoms. The van der Waals surface area contributed by atoms with Crippen LogP contribution in [0.25, 0.3) is 0 Å². The summed E-state index contributed by atoms with van der Waals surface area (Å²) in [5, 5.41) is 0. The molecule has 0 aromatic heterocycles. The minimum Gasteiger partial charge on any atom is -0.338 e. The lowest BCUT2D eigenvalue weighted by Crippen LogP contribution is -2.50. The fourth-order valence-electron chi connectivity index (χ4n) is 3.81. The van der Waals surface area contributed by atoms with Gasteiger partial charge in [-0.2, -0.15) is 0 Å². The zero-order chi connectivity index (χ0) is 18.2. The van der Waals surface area contributed by atoms with Crippen LogP contribution >= 0.6 is 0 Å². The first-order valence-corrected chi connectivity index (χ1v) is 10.1. The van der Waals surface area contributed by atoms with E-state index in [0.29, 0.717) is 25.9 Å². The van der Waals surface area contributed by atoms with Crippen LogP contribution in [0.3, 0.4) is 0 Å². The van der Waals surface area contributed by atoms with Crippen molar-refractivity contribution in [3.8, 4) is 0 Å². The lowest BCUT2D eigenvalue weighted by Gasteiger charge is -2.39. The molecule has 138 valence electrons. The highest BCUT2D eigenvalue weighted by atomic mass is 32.2. The molecule has 0 radical (unpaired) electrons. The van der Waals surface area contributed by atoms with Crippen molar-refractivity contribution in [2.75, 3.05) is 25.4 Å². The van der Waals surface area contributed by atoms with Crippen molar-refractivity contribution in [1.29, 1.82) is 0 Å². The maximum absolute atomic E-state index is 13.9. The number of amides is 1. The van der Waals surface area contributed by atoms with Gasteiger partial charge in [-0.25, -0.2) is 21.5 Å². The fourth-order valence-corrected chi connectivity index (χ4v) is 4.99. The number of likely N-dealkylation sites (tertiary alicyclic amines) is 1. The average molecular weight is 372 g/mol. The van der Waals surface area contributed by atoms with E-state index >= 15 is 0 Å². The minimum absolute atomic E-state index is 0.00467. The first kappa shape index (κ1) is 18.3. The third-order valence-electron chi connectivity index (χ3n) is 5.29. The summed E-state index contributed by atoms with van der Waals surface area (Å²) in [6.07, 6.45) is 1.83. The smallest absolute Gasteiger partial charge is 0.230 e. The molecule has 3 rings (SSSR count). The standard InChI is InChI=1S/C17H22F2N2O3S/c1-2-25(23,24)21-10-8-17(12-21)7-4-9-20(16(17)22)11-13-5-3-6-14(18)15(13)19/h3,5-6H,2,4,7-12H2,1H3/t17-/m1/s1. The lowest BCUT2D eigenvalue weighted by atomic mass is 9.78. The maximum atomic E-state index is 13.9. The third kappa shape index (κ3) is 3.29. The molecule has 25 heavy (non-hydrogen) atoms. The number of sulfonamides is 1. The molecular formula is C17H22F2N2O3S. The molecule has 2 fully saturated rings. The van der Waals surface area contributed by atoms with Crippen LogP contribution in [0.15, 0.2) is 18.2 Å². The van der Waals surface area contributed by atoms with E-state index in [1.807, 2.05) is 0 Å². The van der Waals surface area contributed by atoms with Crippen molar-refractivity contribution in [3.05, 3.63) is 35.4 Å². The Kier molecular flexibility index (Phi) is 4.85. The number of rotatable bonds is 4. The molecule has 0 unspecified atom stereocenters. The Bertz CT molecular complexity index is 784. The van der Waals surface area contributed by atoms with Crippen molar-refractivity contribution >= 4 is 15.9 Å². The molecule has 0 bridgehead atoms. The van der Waals surface area contributed by atoms with Gasteiger partial charge in [-0.05, 0) is 32.3 Å². The molecule has 2 aliphatic heterocycles. The maximum Gasteiger partial charge on any atom is 0.230 e. The van der Waals surface area contributed by atoms with Crippen molar-refractivity contribution in [1.82, 2.24) is 9.21 Å². The Morgan fingerprint density at radius 3 is 2.68 bits per heavy atom. The van der Waals surface area contributed by atoms with Crippen molar-refractivity contribution in [2.45, 2.75) is 32.7 Å². The largest absolute Gasteiger partial charge is 0.338 e. The molecule has 5 nitrogen and oxygen atoms in total. The summed E-state index contributed by atoms with van der Waals surface area (Å²) in [6.45, 7) is 2.58. The summed E-state index contributed by atoms with van der Waals surface area (Å²) in [7, 11) is -3.33. The zero-order valence-electron chi connectivity index (χ0n) is 14.2. The number of carbonyl (C=O) groups excluding carboxylic acids is 1. The number of carbonyl (C=O) groups is 1. The van der Waals surface area contributed by atoms with Gasteiger partial charge in [0.1, 0.15) is 0 Å². The quantitative estimate of drug-likeness (QED) is 0.814. The molecule has 1 aromatic rings. The van der Waals surface area contributed by atoms with E-state index < -0.39 is 27.1 Å². The Morgan fingerprint density at radius 1 is 1.20 bits per heavy atom. The monoisotopic (exact) mass is 372 g/mol. The van der Waals surface area contributed by atoms with Gasteiger partial charge in [0.05, 0.1) is 11.2 Å². The van der Waals surface area contributed by atoms with Crippen LogP contribution in [0.4, 0.5) is 8.78 Å². The Balaban J connectivity index is 1.79. The predicted octanol–water partition coefficient (Wildman–Crippen LogP) is 2.13. The van der Waals surface area contributed by atoms with E-state index in [9.17, 15) is 22.0 Å². The normalized spacial score (nSPS) is 25.1. The Morgan fingerprint density at radius 2 is 1.96 bits per heavy atom. The van der Waals surface area contributed by atoms with Gasteiger partial charge in [-0.1, -0.05) is 12.1 Å². The van der Waals surface area contributed by atoms with Gasteiger partial charge in [-0.3, -0.25) is 4.79 Å². The van der Waals surface area contributed by atoms with Crippen LogP contribution in [-0.4, -0.2) is 48.9 Å². The molecule has 1 amide bonds. The van der Waals surface area contributed by atoms with Crippen LogP contribution in [0.5, 0.6) is 0 Å². The summed E-state index contributed by atoms with van der Waals surface area (Å²) in [6, 6.07) is 3.93. The van der Waals surface area contributed by atoms with Gasteiger partial charge < -0.3 is 4.90 Å². The fraction of sp³-hybridized carbons (Fsp3) is 0.588. The summed E-state index contributed by atoms with van der Waals surface area (Å²) < 4.78 is 52.9. The second-order valence-corrected chi connectivity index (χ2v) is 9.07. The Labute approximate surface area is 146 Å². The van der Waals surface area contributed by atoms with Gasteiger partial charge in [-0.15, -0.1) is 0 Å². The van der Waals surface area contributed by atoms with Crippen molar-refractivity contribution in [3.63, 3.8) is 0 Å². The van der Waals surface area contributed by atoms with Crippen molar-refractivity contribution < 1.29 is 22.0 Å². The second-order valence-electron chi connectivity index (χ2n) is 6.81. The SMILES string of the molecule is CCS(=O)(=O)N1CC[C@]2(CCCN(Cc3cccc(F)c3F)C2=O)C1. The first-order valence-electron chi connectivity index (χ1n) is 8.49. The number of hydrogen-bond donors (Lipinski definition) is 0.